The van der Waals surface area contributed by atoms with Crippen LogP contribution in [0.2, 0.25) is 0 Å². The Morgan fingerprint density at radius 3 is 2.96 bits per heavy atom. The number of nitrogens with zero attached hydrogens (tertiary/aromatic N) is 2. The quantitative estimate of drug-likeness (QED) is 0.879. The van der Waals surface area contributed by atoms with Crippen LogP contribution in [0.25, 0.3) is 0 Å². The van der Waals surface area contributed by atoms with E-state index < -0.39 is 5.60 Å². The summed E-state index contributed by atoms with van der Waals surface area (Å²) >= 11 is 0. The van der Waals surface area contributed by atoms with E-state index in [1.54, 1.807) is 13.3 Å². The van der Waals surface area contributed by atoms with Gasteiger partial charge in [0.1, 0.15) is 23.8 Å². The number of methoxy groups -OCH3 is 1. The normalized spacial score (nSPS) is 22.7. The zero-order valence-electron chi connectivity index (χ0n) is 13.4. The van der Waals surface area contributed by atoms with Gasteiger partial charge in [-0.2, -0.15) is 0 Å². The second-order valence-electron chi connectivity index (χ2n) is 5.79. The van der Waals surface area contributed by atoms with Gasteiger partial charge < -0.3 is 19.2 Å². The van der Waals surface area contributed by atoms with E-state index >= 15 is 0 Å². The van der Waals surface area contributed by atoms with E-state index in [0.717, 1.165) is 31.2 Å². The number of benzene rings is 1. The second-order valence-corrected chi connectivity index (χ2v) is 5.79. The van der Waals surface area contributed by atoms with Crippen molar-refractivity contribution in [2.75, 3.05) is 40.0 Å². The minimum Gasteiger partial charge on any atom is -0.490 e. The number of nitrogens with one attached hydrogen (secondary N) is 1. The van der Waals surface area contributed by atoms with Gasteiger partial charge in [0.2, 0.25) is 0 Å². The van der Waals surface area contributed by atoms with Crippen molar-refractivity contribution in [2.24, 2.45) is 0 Å². The summed E-state index contributed by atoms with van der Waals surface area (Å²) in [5.74, 6) is 1.78. The molecule has 23 heavy (non-hydrogen) atoms. The van der Waals surface area contributed by atoms with Crippen molar-refractivity contribution in [1.29, 1.82) is 0 Å². The first-order valence-corrected chi connectivity index (χ1v) is 7.81. The molecule has 1 unspecified atom stereocenters. The number of rotatable bonds is 6. The maximum atomic E-state index is 5.92. The minimum atomic E-state index is -0.487. The van der Waals surface area contributed by atoms with Crippen molar-refractivity contribution in [1.82, 2.24) is 14.9 Å². The molecule has 1 aromatic carbocycles. The Bertz CT molecular complexity index is 576. The van der Waals surface area contributed by atoms with Crippen molar-refractivity contribution in [3.05, 3.63) is 48.5 Å². The number of hydrogen-bond acceptors (Lipinski definition) is 5. The predicted octanol–water partition coefficient (Wildman–Crippen LogP) is 1.71. The molecule has 6 nitrogen and oxygen atoms in total. The van der Waals surface area contributed by atoms with Crippen LogP contribution >= 0.6 is 0 Å². The molecular weight excluding hydrogens is 294 g/mol. The average Bonchev–Trinajstić information content (AvgIpc) is 3.01. The molecule has 1 fully saturated rings. The lowest BCUT2D eigenvalue weighted by atomic mass is 10.1. The third kappa shape index (κ3) is 4.31. The number of imidazole rings is 1. The van der Waals surface area contributed by atoms with Crippen LogP contribution in [0.1, 0.15) is 5.82 Å². The van der Waals surface area contributed by atoms with Gasteiger partial charge in [0.15, 0.2) is 0 Å². The summed E-state index contributed by atoms with van der Waals surface area (Å²) in [5.41, 5.74) is -0.487. The molecule has 2 aromatic rings. The molecule has 0 amide bonds. The first-order chi connectivity index (χ1) is 11.3. The molecule has 1 atom stereocenters. The number of ether oxygens (including phenoxy) is 3. The molecule has 0 saturated carbocycles. The molecule has 0 spiro atoms. The fourth-order valence-electron chi connectivity index (χ4n) is 2.72. The summed E-state index contributed by atoms with van der Waals surface area (Å²) in [7, 11) is 1.72. The van der Waals surface area contributed by atoms with E-state index in [9.17, 15) is 0 Å². The van der Waals surface area contributed by atoms with Crippen LogP contribution in [0.4, 0.5) is 0 Å². The Hall–Kier alpha value is -1.89. The summed E-state index contributed by atoms with van der Waals surface area (Å²) in [6.07, 6.45) is 3.61. The zero-order chi connectivity index (χ0) is 16.0. The standard InChI is InChI=1S/C17H23N3O3/c1-21-17(14-23-15-5-3-2-4-6-15)12-20(9-10-22-13-17)11-16-18-7-8-19-16/h2-8H,9-14H2,1H3,(H,18,19). The Labute approximate surface area is 136 Å². The molecule has 0 radical (unpaired) electrons. The highest BCUT2D eigenvalue weighted by atomic mass is 16.6. The highest BCUT2D eigenvalue weighted by Crippen LogP contribution is 2.20. The zero-order valence-corrected chi connectivity index (χ0v) is 13.4. The van der Waals surface area contributed by atoms with E-state index in [2.05, 4.69) is 14.9 Å². The lowest BCUT2D eigenvalue weighted by molar-refractivity contribution is -0.0926. The molecule has 124 valence electrons. The number of H-pyrrole nitrogens is 1. The maximum Gasteiger partial charge on any atom is 0.137 e. The van der Waals surface area contributed by atoms with Gasteiger partial charge in [-0.05, 0) is 12.1 Å². The monoisotopic (exact) mass is 317 g/mol. The first-order valence-electron chi connectivity index (χ1n) is 7.81. The van der Waals surface area contributed by atoms with Gasteiger partial charge in [-0.1, -0.05) is 18.2 Å². The highest BCUT2D eigenvalue weighted by Gasteiger charge is 2.36. The molecule has 6 heteroatoms. The van der Waals surface area contributed by atoms with Gasteiger partial charge in [-0.3, -0.25) is 4.90 Å². The van der Waals surface area contributed by atoms with E-state index in [4.69, 9.17) is 14.2 Å². The summed E-state index contributed by atoms with van der Waals surface area (Å²) in [6.45, 7) is 3.96. The molecule has 0 bridgehead atoms. The van der Waals surface area contributed by atoms with Gasteiger partial charge in [0.25, 0.3) is 0 Å². The van der Waals surface area contributed by atoms with Crippen LogP contribution in [-0.2, 0) is 16.0 Å². The van der Waals surface area contributed by atoms with Crippen LogP contribution in [0.5, 0.6) is 5.75 Å². The van der Waals surface area contributed by atoms with Crippen molar-refractivity contribution in [3.8, 4) is 5.75 Å². The molecule has 3 rings (SSSR count). The van der Waals surface area contributed by atoms with E-state index in [0.29, 0.717) is 19.8 Å². The highest BCUT2D eigenvalue weighted by molar-refractivity contribution is 5.21. The van der Waals surface area contributed by atoms with Gasteiger partial charge in [-0.25, -0.2) is 4.98 Å². The van der Waals surface area contributed by atoms with Crippen molar-refractivity contribution >= 4 is 0 Å². The second kappa shape index (κ2) is 7.59. The molecule has 1 N–H and O–H groups in total. The Morgan fingerprint density at radius 2 is 2.22 bits per heavy atom. The van der Waals surface area contributed by atoms with Crippen LogP contribution in [-0.4, -0.2) is 60.5 Å². The van der Waals surface area contributed by atoms with Gasteiger partial charge in [0.05, 0.1) is 19.8 Å². The topological polar surface area (TPSA) is 59.6 Å². The lowest BCUT2D eigenvalue weighted by Crippen LogP contribution is -2.50. The first kappa shape index (κ1) is 16.0. The molecule has 1 aromatic heterocycles. The molecule has 2 heterocycles. The summed E-state index contributed by atoms with van der Waals surface area (Å²) in [5, 5.41) is 0. The third-order valence-electron chi connectivity index (χ3n) is 4.04. The lowest BCUT2D eigenvalue weighted by Gasteiger charge is -2.33. The van der Waals surface area contributed by atoms with Crippen molar-refractivity contribution in [3.63, 3.8) is 0 Å². The van der Waals surface area contributed by atoms with Gasteiger partial charge >= 0.3 is 0 Å². The minimum absolute atomic E-state index is 0.447. The van der Waals surface area contributed by atoms with Gasteiger partial charge in [0, 0.05) is 32.6 Å². The number of aromatic amines is 1. The average molecular weight is 317 g/mol. The Kier molecular flexibility index (Phi) is 5.27. The maximum absolute atomic E-state index is 5.92. The van der Waals surface area contributed by atoms with Crippen LogP contribution in [0.15, 0.2) is 42.7 Å². The smallest absolute Gasteiger partial charge is 0.137 e. The molecule has 1 aliphatic rings. The molecular formula is C17H23N3O3. The molecule has 0 aliphatic carbocycles. The van der Waals surface area contributed by atoms with E-state index in [1.807, 2.05) is 36.5 Å². The molecule has 1 saturated heterocycles. The number of hydrogen-bond donors (Lipinski definition) is 1. The number of para-hydroxylation sites is 1. The Balaban J connectivity index is 1.65. The molecule has 1 aliphatic heterocycles. The van der Waals surface area contributed by atoms with Crippen LogP contribution in [0.3, 0.4) is 0 Å². The predicted molar refractivity (Wildman–Crippen MR) is 86.4 cm³/mol. The summed E-state index contributed by atoms with van der Waals surface area (Å²) in [6, 6.07) is 9.78. The van der Waals surface area contributed by atoms with Crippen molar-refractivity contribution < 1.29 is 14.2 Å². The van der Waals surface area contributed by atoms with E-state index in [-0.39, 0.29) is 0 Å². The summed E-state index contributed by atoms with van der Waals surface area (Å²) in [4.78, 5) is 9.72. The fourth-order valence-corrected chi connectivity index (χ4v) is 2.72. The van der Waals surface area contributed by atoms with Gasteiger partial charge in [-0.15, -0.1) is 0 Å². The summed E-state index contributed by atoms with van der Waals surface area (Å²) < 4.78 is 17.5. The third-order valence-corrected chi connectivity index (χ3v) is 4.04. The van der Waals surface area contributed by atoms with Crippen LogP contribution < -0.4 is 4.74 Å². The number of aromatic nitrogens is 2. The largest absolute Gasteiger partial charge is 0.490 e. The van der Waals surface area contributed by atoms with E-state index in [1.165, 1.54) is 0 Å². The SMILES string of the molecule is COC1(COc2ccccc2)COCCN(Cc2ncc[nH]2)C1. The van der Waals surface area contributed by atoms with Crippen molar-refractivity contribution in [2.45, 2.75) is 12.1 Å². The fraction of sp³-hybridized carbons (Fsp3) is 0.471. The van der Waals surface area contributed by atoms with Crippen LogP contribution in [0, 0.1) is 0 Å². The Morgan fingerprint density at radius 1 is 1.35 bits per heavy atom.